The van der Waals surface area contributed by atoms with Gasteiger partial charge in [-0.05, 0) is 32.2 Å². The molecule has 116 valence electrons. The van der Waals surface area contributed by atoms with Crippen LogP contribution in [0, 0.1) is 0 Å². The maximum Gasteiger partial charge on any atom is 0.224 e. The molecule has 0 aromatic carbocycles. The number of nitrogens with two attached hydrogens (primary N) is 1. The molecule has 0 radical (unpaired) electrons. The number of rotatable bonds is 4. The summed E-state index contributed by atoms with van der Waals surface area (Å²) >= 11 is 0. The molecule has 2 N–H and O–H groups in total. The molecule has 0 bridgehead atoms. The number of amides is 1. The fourth-order valence-corrected chi connectivity index (χ4v) is 3.69. The van der Waals surface area contributed by atoms with Gasteiger partial charge in [-0.3, -0.25) is 4.79 Å². The molecule has 1 aliphatic carbocycles. The number of nitrogens with zero attached hydrogens (tertiary/aromatic N) is 2. The number of hydrogen-bond donors (Lipinski definition) is 1. The minimum atomic E-state index is -0.228. The van der Waals surface area contributed by atoms with Crippen LogP contribution < -0.4 is 5.73 Å². The minimum Gasteiger partial charge on any atom is -0.343 e. The van der Waals surface area contributed by atoms with Crippen LogP contribution in [0.5, 0.6) is 0 Å². The summed E-state index contributed by atoms with van der Waals surface area (Å²) in [6, 6.07) is 0.414. The molecule has 0 aromatic heterocycles. The summed E-state index contributed by atoms with van der Waals surface area (Å²) in [6.07, 6.45) is 8.42. The highest BCUT2D eigenvalue weighted by molar-refractivity contribution is 5.77. The van der Waals surface area contributed by atoms with Crippen LogP contribution in [-0.2, 0) is 4.79 Å². The van der Waals surface area contributed by atoms with Gasteiger partial charge in [0.2, 0.25) is 5.91 Å². The van der Waals surface area contributed by atoms with Crippen LogP contribution in [0.3, 0.4) is 0 Å². The van der Waals surface area contributed by atoms with E-state index >= 15 is 0 Å². The van der Waals surface area contributed by atoms with Crippen LogP contribution in [0.25, 0.3) is 0 Å². The zero-order chi connectivity index (χ0) is 14.6. The summed E-state index contributed by atoms with van der Waals surface area (Å²) in [7, 11) is 1.97. The molecule has 1 heterocycles. The predicted molar refractivity (Wildman–Crippen MR) is 82.5 cm³/mol. The Morgan fingerprint density at radius 3 is 2.40 bits per heavy atom. The average molecular weight is 281 g/mol. The van der Waals surface area contributed by atoms with Gasteiger partial charge in [0.25, 0.3) is 0 Å². The van der Waals surface area contributed by atoms with Gasteiger partial charge in [-0.25, -0.2) is 0 Å². The van der Waals surface area contributed by atoms with Crippen molar-refractivity contribution >= 4 is 5.91 Å². The third-order valence-electron chi connectivity index (χ3n) is 5.30. The standard InChI is InChI=1S/C16H31N3O/c1-3-19-11-7-14(8-12-19)18(2)15(20)13-16(17)9-5-4-6-10-16/h14H,3-13,17H2,1-2H3. The highest BCUT2D eigenvalue weighted by Gasteiger charge is 2.33. The highest BCUT2D eigenvalue weighted by atomic mass is 16.2. The third kappa shape index (κ3) is 3.95. The SMILES string of the molecule is CCN1CCC(N(C)C(=O)CC2(N)CCCCC2)CC1. The molecule has 1 saturated carbocycles. The molecule has 1 aliphatic heterocycles. The molecule has 2 aliphatic rings. The molecule has 0 atom stereocenters. The first-order chi connectivity index (χ1) is 9.54. The van der Waals surface area contributed by atoms with Crippen molar-refractivity contribution in [3.8, 4) is 0 Å². The van der Waals surface area contributed by atoms with Gasteiger partial charge in [0, 0.05) is 38.1 Å². The number of likely N-dealkylation sites (tertiary alicyclic amines) is 1. The van der Waals surface area contributed by atoms with E-state index in [1.54, 1.807) is 0 Å². The van der Waals surface area contributed by atoms with Crippen LogP contribution in [0.1, 0.15) is 58.3 Å². The lowest BCUT2D eigenvalue weighted by Crippen LogP contribution is -2.50. The van der Waals surface area contributed by atoms with Gasteiger partial charge in [0.05, 0.1) is 0 Å². The zero-order valence-electron chi connectivity index (χ0n) is 13.2. The molecule has 2 fully saturated rings. The summed E-state index contributed by atoms with van der Waals surface area (Å²) in [5.41, 5.74) is 6.19. The lowest BCUT2D eigenvalue weighted by atomic mass is 9.80. The van der Waals surface area contributed by atoms with E-state index in [1.807, 2.05) is 11.9 Å². The molecule has 4 heteroatoms. The Kier molecular flexibility index (Phi) is 5.44. The first-order valence-corrected chi connectivity index (χ1v) is 8.31. The highest BCUT2D eigenvalue weighted by Crippen LogP contribution is 2.29. The Balaban J connectivity index is 1.82. The van der Waals surface area contributed by atoms with Gasteiger partial charge in [-0.2, -0.15) is 0 Å². The predicted octanol–water partition coefficient (Wildman–Crippen LogP) is 1.98. The normalized spacial score (nSPS) is 24.6. The zero-order valence-corrected chi connectivity index (χ0v) is 13.2. The Hall–Kier alpha value is -0.610. The van der Waals surface area contributed by atoms with Gasteiger partial charge >= 0.3 is 0 Å². The molecule has 4 nitrogen and oxygen atoms in total. The largest absolute Gasteiger partial charge is 0.343 e. The van der Waals surface area contributed by atoms with Crippen molar-refractivity contribution in [2.75, 3.05) is 26.7 Å². The first-order valence-electron chi connectivity index (χ1n) is 8.31. The third-order valence-corrected chi connectivity index (χ3v) is 5.30. The lowest BCUT2D eigenvalue weighted by Gasteiger charge is -2.39. The van der Waals surface area contributed by atoms with Gasteiger partial charge in [0.1, 0.15) is 0 Å². The number of piperidine rings is 1. The van der Waals surface area contributed by atoms with Gasteiger partial charge in [-0.1, -0.05) is 26.2 Å². The van der Waals surface area contributed by atoms with Crippen LogP contribution >= 0.6 is 0 Å². The second-order valence-electron chi connectivity index (χ2n) is 6.77. The van der Waals surface area contributed by atoms with Gasteiger partial charge in [-0.15, -0.1) is 0 Å². The molecule has 0 unspecified atom stereocenters. The Labute approximate surface area is 123 Å². The van der Waals surface area contributed by atoms with Crippen molar-refractivity contribution < 1.29 is 4.79 Å². The molecular formula is C16H31N3O. The van der Waals surface area contributed by atoms with Crippen LogP contribution in [-0.4, -0.2) is 54.0 Å². The molecule has 0 aromatic rings. The Morgan fingerprint density at radius 2 is 1.85 bits per heavy atom. The number of carbonyl (C=O) groups excluding carboxylic acids is 1. The Bertz CT molecular complexity index is 318. The number of carbonyl (C=O) groups is 1. The summed E-state index contributed by atoms with van der Waals surface area (Å²) < 4.78 is 0. The van der Waals surface area contributed by atoms with E-state index in [4.69, 9.17) is 5.73 Å². The van der Waals surface area contributed by atoms with Crippen molar-refractivity contribution in [3.05, 3.63) is 0 Å². The summed E-state index contributed by atoms with van der Waals surface area (Å²) in [6.45, 7) is 5.56. The van der Waals surface area contributed by atoms with Crippen LogP contribution in [0.4, 0.5) is 0 Å². The van der Waals surface area contributed by atoms with E-state index in [1.165, 1.54) is 19.3 Å². The molecule has 0 spiro atoms. The molecule has 2 rings (SSSR count). The maximum absolute atomic E-state index is 12.5. The van der Waals surface area contributed by atoms with Crippen LogP contribution in [0.2, 0.25) is 0 Å². The second-order valence-corrected chi connectivity index (χ2v) is 6.77. The summed E-state index contributed by atoms with van der Waals surface area (Å²) in [5, 5.41) is 0. The van der Waals surface area contributed by atoms with E-state index in [-0.39, 0.29) is 11.4 Å². The van der Waals surface area contributed by atoms with Crippen molar-refractivity contribution in [3.63, 3.8) is 0 Å². The van der Waals surface area contributed by atoms with Crippen molar-refractivity contribution in [2.24, 2.45) is 5.73 Å². The topological polar surface area (TPSA) is 49.6 Å². The number of hydrogen-bond acceptors (Lipinski definition) is 3. The quantitative estimate of drug-likeness (QED) is 0.857. The molecule has 1 amide bonds. The Morgan fingerprint density at radius 1 is 1.25 bits per heavy atom. The van der Waals surface area contributed by atoms with Gasteiger partial charge < -0.3 is 15.5 Å². The van der Waals surface area contributed by atoms with Crippen molar-refractivity contribution in [1.82, 2.24) is 9.80 Å². The monoisotopic (exact) mass is 281 g/mol. The first kappa shape index (κ1) is 15.8. The summed E-state index contributed by atoms with van der Waals surface area (Å²) in [5.74, 6) is 0.254. The smallest absolute Gasteiger partial charge is 0.224 e. The lowest BCUT2D eigenvalue weighted by molar-refractivity contribution is -0.134. The average Bonchev–Trinajstić information content (AvgIpc) is 2.47. The van der Waals surface area contributed by atoms with E-state index in [0.29, 0.717) is 12.5 Å². The minimum absolute atomic E-state index is 0.228. The fraction of sp³-hybridized carbons (Fsp3) is 0.938. The van der Waals surface area contributed by atoms with Crippen LogP contribution in [0.15, 0.2) is 0 Å². The van der Waals surface area contributed by atoms with E-state index in [2.05, 4.69) is 11.8 Å². The fourth-order valence-electron chi connectivity index (χ4n) is 3.69. The second kappa shape index (κ2) is 6.90. The molecular weight excluding hydrogens is 250 g/mol. The maximum atomic E-state index is 12.5. The van der Waals surface area contributed by atoms with E-state index in [9.17, 15) is 4.79 Å². The molecule has 20 heavy (non-hydrogen) atoms. The van der Waals surface area contributed by atoms with E-state index in [0.717, 1.165) is 45.3 Å². The van der Waals surface area contributed by atoms with Crippen molar-refractivity contribution in [2.45, 2.75) is 69.9 Å². The van der Waals surface area contributed by atoms with E-state index < -0.39 is 0 Å². The van der Waals surface area contributed by atoms with Crippen molar-refractivity contribution in [1.29, 1.82) is 0 Å². The van der Waals surface area contributed by atoms with Gasteiger partial charge in [0.15, 0.2) is 0 Å². The molecule has 1 saturated heterocycles. The summed E-state index contributed by atoms with van der Waals surface area (Å²) in [4.78, 5) is 16.9.